The zero-order chi connectivity index (χ0) is 13.7. The van der Waals surface area contributed by atoms with E-state index in [1.165, 1.54) is 6.07 Å². The molecule has 4 nitrogen and oxygen atoms in total. The van der Waals surface area contributed by atoms with Crippen LogP contribution in [0.4, 0.5) is 0 Å². The highest BCUT2D eigenvalue weighted by molar-refractivity contribution is 5.94. The maximum atomic E-state index is 11.8. The maximum Gasteiger partial charge on any atom is 0.335 e. The van der Waals surface area contributed by atoms with Crippen LogP contribution < -0.4 is 5.32 Å². The number of hydrogen-bond donors (Lipinski definition) is 2. The molecule has 0 saturated carbocycles. The van der Waals surface area contributed by atoms with Gasteiger partial charge in [0.05, 0.1) is 5.56 Å². The second kappa shape index (κ2) is 5.82. The van der Waals surface area contributed by atoms with E-state index < -0.39 is 5.97 Å². The number of amides is 1. The van der Waals surface area contributed by atoms with Gasteiger partial charge in [0.1, 0.15) is 0 Å². The molecular formula is C15H13NO3. The maximum absolute atomic E-state index is 11.8. The summed E-state index contributed by atoms with van der Waals surface area (Å²) in [6.45, 7) is 0.300. The predicted molar refractivity (Wildman–Crippen MR) is 71.0 cm³/mol. The Kier molecular flexibility index (Phi) is 3.93. The molecule has 2 aromatic rings. The fourth-order valence-electron chi connectivity index (χ4n) is 1.69. The van der Waals surface area contributed by atoms with Crippen LogP contribution in [0.3, 0.4) is 0 Å². The molecule has 0 atom stereocenters. The number of carboxylic acid groups (broad SMARTS) is 1. The first kappa shape index (κ1) is 12.8. The van der Waals surface area contributed by atoms with E-state index in [2.05, 4.69) is 5.32 Å². The van der Waals surface area contributed by atoms with Gasteiger partial charge in [0.2, 0.25) is 0 Å². The minimum atomic E-state index is -0.976. The minimum Gasteiger partial charge on any atom is -0.478 e. The Morgan fingerprint density at radius 2 is 1.63 bits per heavy atom. The van der Waals surface area contributed by atoms with Crippen molar-refractivity contribution in [2.75, 3.05) is 0 Å². The summed E-state index contributed by atoms with van der Waals surface area (Å²) in [5.74, 6) is -1.16. The Balaban J connectivity index is 2.01. The third-order valence-electron chi connectivity index (χ3n) is 2.66. The molecule has 2 N–H and O–H groups in total. The molecule has 19 heavy (non-hydrogen) atoms. The Labute approximate surface area is 110 Å². The van der Waals surface area contributed by atoms with Gasteiger partial charge in [-0.15, -0.1) is 0 Å². The van der Waals surface area contributed by atoms with Crippen LogP contribution in [0.15, 0.2) is 54.6 Å². The first-order chi connectivity index (χ1) is 9.16. The van der Waals surface area contributed by atoms with Crippen molar-refractivity contribution in [1.82, 2.24) is 5.32 Å². The van der Waals surface area contributed by atoms with Gasteiger partial charge in [-0.2, -0.15) is 0 Å². The lowest BCUT2D eigenvalue weighted by atomic mass is 10.1. The molecule has 1 amide bonds. The molecule has 0 aliphatic rings. The van der Waals surface area contributed by atoms with E-state index in [1.807, 2.05) is 6.07 Å². The van der Waals surface area contributed by atoms with Gasteiger partial charge in [0.25, 0.3) is 5.91 Å². The summed E-state index contributed by atoms with van der Waals surface area (Å²) in [7, 11) is 0. The van der Waals surface area contributed by atoms with Gasteiger partial charge >= 0.3 is 5.97 Å². The molecular weight excluding hydrogens is 242 g/mol. The SMILES string of the molecule is O=C(O)c1cccc(CNC(=O)c2ccccc2)c1. The molecule has 0 saturated heterocycles. The van der Waals surface area contributed by atoms with Gasteiger partial charge in [0, 0.05) is 12.1 Å². The summed E-state index contributed by atoms with van der Waals surface area (Å²) >= 11 is 0. The van der Waals surface area contributed by atoms with Gasteiger partial charge in [-0.25, -0.2) is 4.79 Å². The molecule has 0 fully saturated rings. The standard InChI is InChI=1S/C15H13NO3/c17-14(12-6-2-1-3-7-12)16-10-11-5-4-8-13(9-11)15(18)19/h1-9H,10H2,(H,16,17)(H,18,19). The van der Waals surface area contributed by atoms with E-state index in [0.29, 0.717) is 12.1 Å². The van der Waals surface area contributed by atoms with Crippen molar-refractivity contribution in [2.45, 2.75) is 6.54 Å². The summed E-state index contributed by atoms with van der Waals surface area (Å²) in [6.07, 6.45) is 0. The fourth-order valence-corrected chi connectivity index (χ4v) is 1.69. The van der Waals surface area contributed by atoms with Crippen LogP contribution in [0.25, 0.3) is 0 Å². The Hall–Kier alpha value is -2.62. The smallest absolute Gasteiger partial charge is 0.335 e. The molecule has 2 rings (SSSR count). The molecule has 0 spiro atoms. The van der Waals surface area contributed by atoms with Crippen LogP contribution in [-0.2, 0) is 6.54 Å². The van der Waals surface area contributed by atoms with E-state index in [9.17, 15) is 9.59 Å². The monoisotopic (exact) mass is 255 g/mol. The van der Waals surface area contributed by atoms with Crippen molar-refractivity contribution >= 4 is 11.9 Å². The van der Waals surface area contributed by atoms with Gasteiger partial charge in [0.15, 0.2) is 0 Å². The minimum absolute atomic E-state index is 0.179. The number of carboxylic acids is 1. The normalized spacial score (nSPS) is 9.89. The topological polar surface area (TPSA) is 66.4 Å². The van der Waals surface area contributed by atoms with E-state index in [4.69, 9.17) is 5.11 Å². The number of hydrogen-bond acceptors (Lipinski definition) is 2. The average molecular weight is 255 g/mol. The zero-order valence-corrected chi connectivity index (χ0v) is 10.2. The van der Waals surface area contributed by atoms with Crippen molar-refractivity contribution in [3.05, 3.63) is 71.3 Å². The number of carbonyl (C=O) groups is 2. The number of benzene rings is 2. The average Bonchev–Trinajstić information content (AvgIpc) is 2.46. The number of rotatable bonds is 4. The van der Waals surface area contributed by atoms with Crippen molar-refractivity contribution in [2.24, 2.45) is 0 Å². The third-order valence-corrected chi connectivity index (χ3v) is 2.66. The lowest BCUT2D eigenvalue weighted by Gasteiger charge is -2.06. The summed E-state index contributed by atoms with van der Waals surface area (Å²) in [5, 5.41) is 11.6. The van der Waals surface area contributed by atoms with Crippen LogP contribution >= 0.6 is 0 Å². The lowest BCUT2D eigenvalue weighted by Crippen LogP contribution is -2.22. The second-order valence-corrected chi connectivity index (χ2v) is 4.05. The quantitative estimate of drug-likeness (QED) is 0.881. The summed E-state index contributed by atoms with van der Waals surface area (Å²) in [6, 6.07) is 15.4. The molecule has 0 aromatic heterocycles. The van der Waals surface area contributed by atoms with Gasteiger partial charge in [-0.1, -0.05) is 30.3 Å². The highest BCUT2D eigenvalue weighted by atomic mass is 16.4. The van der Waals surface area contributed by atoms with Crippen molar-refractivity contribution in [3.63, 3.8) is 0 Å². The van der Waals surface area contributed by atoms with Crippen molar-refractivity contribution in [1.29, 1.82) is 0 Å². The first-order valence-corrected chi connectivity index (χ1v) is 5.82. The van der Waals surface area contributed by atoms with E-state index in [0.717, 1.165) is 5.56 Å². The predicted octanol–water partition coefficient (Wildman–Crippen LogP) is 2.31. The van der Waals surface area contributed by atoms with Crippen LogP contribution in [0.2, 0.25) is 0 Å². The second-order valence-electron chi connectivity index (χ2n) is 4.05. The number of carbonyl (C=O) groups excluding carboxylic acids is 1. The summed E-state index contributed by atoms with van der Waals surface area (Å²) < 4.78 is 0. The van der Waals surface area contributed by atoms with Crippen LogP contribution in [0, 0.1) is 0 Å². The molecule has 0 unspecified atom stereocenters. The fraction of sp³-hybridized carbons (Fsp3) is 0.0667. The van der Waals surface area contributed by atoms with Gasteiger partial charge < -0.3 is 10.4 Å². The third kappa shape index (κ3) is 3.42. The Morgan fingerprint density at radius 1 is 0.947 bits per heavy atom. The van der Waals surface area contributed by atoms with E-state index in [1.54, 1.807) is 42.5 Å². The Morgan fingerprint density at radius 3 is 2.32 bits per heavy atom. The molecule has 2 aromatic carbocycles. The molecule has 0 heterocycles. The molecule has 0 aliphatic heterocycles. The highest BCUT2D eigenvalue weighted by Gasteiger charge is 2.06. The summed E-state index contributed by atoms with van der Waals surface area (Å²) in [5.41, 5.74) is 1.55. The highest BCUT2D eigenvalue weighted by Crippen LogP contribution is 2.06. The van der Waals surface area contributed by atoms with E-state index in [-0.39, 0.29) is 11.5 Å². The molecule has 0 radical (unpaired) electrons. The van der Waals surface area contributed by atoms with Gasteiger partial charge in [-0.05, 0) is 29.8 Å². The molecule has 0 aliphatic carbocycles. The van der Waals surface area contributed by atoms with Gasteiger partial charge in [-0.3, -0.25) is 4.79 Å². The van der Waals surface area contributed by atoms with E-state index >= 15 is 0 Å². The van der Waals surface area contributed by atoms with Crippen LogP contribution in [-0.4, -0.2) is 17.0 Å². The number of nitrogens with one attached hydrogen (secondary N) is 1. The molecule has 0 bridgehead atoms. The van der Waals surface area contributed by atoms with Crippen molar-refractivity contribution in [3.8, 4) is 0 Å². The summed E-state index contributed by atoms with van der Waals surface area (Å²) in [4.78, 5) is 22.6. The Bertz CT molecular complexity index is 593. The molecule has 4 heteroatoms. The van der Waals surface area contributed by atoms with Crippen LogP contribution in [0.1, 0.15) is 26.3 Å². The van der Waals surface area contributed by atoms with Crippen LogP contribution in [0.5, 0.6) is 0 Å². The lowest BCUT2D eigenvalue weighted by molar-refractivity contribution is 0.0696. The zero-order valence-electron chi connectivity index (χ0n) is 10.2. The largest absolute Gasteiger partial charge is 0.478 e. The first-order valence-electron chi connectivity index (χ1n) is 5.82. The number of aromatic carboxylic acids is 1. The van der Waals surface area contributed by atoms with Crippen molar-refractivity contribution < 1.29 is 14.7 Å². The molecule has 96 valence electrons.